The molecule has 1 amide bonds. The number of esters is 1. The van der Waals surface area contributed by atoms with Gasteiger partial charge in [-0.05, 0) is 24.3 Å². The van der Waals surface area contributed by atoms with Gasteiger partial charge in [-0.2, -0.15) is 0 Å². The van der Waals surface area contributed by atoms with Crippen LogP contribution in [-0.2, 0) is 0 Å². The third-order valence-electron chi connectivity index (χ3n) is 3.56. The highest BCUT2D eigenvalue weighted by atomic mass is 35.5. The Kier molecular flexibility index (Phi) is 4.61. The van der Waals surface area contributed by atoms with Gasteiger partial charge in [-0.3, -0.25) is 14.9 Å². The molecular weight excluding hydrogens is 380 g/mol. The molecule has 10 heteroatoms. The number of amides is 1. The molecule has 0 saturated carbocycles. The molecule has 2 N–H and O–H groups in total. The van der Waals surface area contributed by atoms with E-state index in [-0.39, 0.29) is 33.2 Å². The minimum Gasteiger partial charge on any atom is -0.423 e. The molecule has 3 aromatic rings. The summed E-state index contributed by atoms with van der Waals surface area (Å²) < 4.78 is 10.1. The third-order valence-corrected chi connectivity index (χ3v) is 3.89. The molecule has 2 aromatic carbocycles. The van der Waals surface area contributed by atoms with Gasteiger partial charge in [-0.25, -0.2) is 9.59 Å². The molecule has 136 valence electrons. The second-order valence-corrected chi connectivity index (χ2v) is 5.73. The van der Waals surface area contributed by atoms with Gasteiger partial charge in [0.2, 0.25) is 0 Å². The summed E-state index contributed by atoms with van der Waals surface area (Å²) in [4.78, 5) is 45.3. The predicted octanol–water partition coefficient (Wildman–Crippen LogP) is 2.67. The zero-order valence-electron chi connectivity index (χ0n) is 13.3. The molecule has 1 heterocycles. The van der Waals surface area contributed by atoms with Crippen molar-refractivity contribution in [3.8, 4) is 5.75 Å². The Hall–Kier alpha value is -3.72. The Labute approximate surface area is 155 Å². The van der Waals surface area contributed by atoms with Gasteiger partial charge in [0.1, 0.15) is 16.9 Å². The largest absolute Gasteiger partial charge is 0.423 e. The van der Waals surface area contributed by atoms with Crippen LogP contribution >= 0.6 is 11.6 Å². The lowest BCUT2D eigenvalue weighted by molar-refractivity contribution is -0.384. The Balaban J connectivity index is 1.95. The molecule has 0 saturated heterocycles. The number of rotatable bonds is 4. The van der Waals surface area contributed by atoms with E-state index < -0.39 is 22.4 Å². The van der Waals surface area contributed by atoms with Crippen LogP contribution in [0.4, 0.5) is 5.69 Å². The SMILES string of the molecule is NC(=O)c1cc2ccc(OC(=O)c3cc([N+](=O)[O-])ccc3Cl)cc2oc1=O. The van der Waals surface area contributed by atoms with Gasteiger partial charge in [0.25, 0.3) is 11.6 Å². The molecule has 9 nitrogen and oxygen atoms in total. The van der Waals surface area contributed by atoms with Crippen molar-refractivity contribution < 1.29 is 23.7 Å². The molecule has 0 unspecified atom stereocenters. The molecule has 0 fully saturated rings. The predicted molar refractivity (Wildman–Crippen MR) is 94.1 cm³/mol. The fraction of sp³-hybridized carbons (Fsp3) is 0. The van der Waals surface area contributed by atoms with Crippen LogP contribution < -0.4 is 16.1 Å². The number of carbonyl (C=O) groups is 2. The van der Waals surface area contributed by atoms with E-state index >= 15 is 0 Å². The number of hydrogen-bond donors (Lipinski definition) is 1. The summed E-state index contributed by atoms with van der Waals surface area (Å²) in [7, 11) is 0. The van der Waals surface area contributed by atoms with Crippen molar-refractivity contribution in [3.63, 3.8) is 0 Å². The van der Waals surface area contributed by atoms with Crippen molar-refractivity contribution in [2.24, 2.45) is 5.73 Å². The average Bonchev–Trinajstić information content (AvgIpc) is 2.60. The van der Waals surface area contributed by atoms with Crippen molar-refractivity contribution in [3.05, 3.63) is 79.1 Å². The molecule has 27 heavy (non-hydrogen) atoms. The molecule has 0 aliphatic rings. The highest BCUT2D eigenvalue weighted by molar-refractivity contribution is 6.33. The van der Waals surface area contributed by atoms with Gasteiger partial charge < -0.3 is 14.9 Å². The molecule has 0 atom stereocenters. The third kappa shape index (κ3) is 3.62. The van der Waals surface area contributed by atoms with Crippen molar-refractivity contribution >= 4 is 40.1 Å². The van der Waals surface area contributed by atoms with Crippen molar-refractivity contribution in [1.29, 1.82) is 0 Å². The Morgan fingerprint density at radius 2 is 1.85 bits per heavy atom. The minimum atomic E-state index is -0.931. The highest BCUT2D eigenvalue weighted by Gasteiger charge is 2.18. The number of nitro groups is 1. The van der Waals surface area contributed by atoms with Crippen molar-refractivity contribution in [2.45, 2.75) is 0 Å². The number of halogens is 1. The smallest absolute Gasteiger partial charge is 0.349 e. The Morgan fingerprint density at radius 3 is 2.52 bits per heavy atom. The van der Waals surface area contributed by atoms with E-state index in [1.54, 1.807) is 0 Å². The van der Waals surface area contributed by atoms with Crippen LogP contribution in [0.25, 0.3) is 11.0 Å². The number of primary amides is 1. The van der Waals surface area contributed by atoms with Gasteiger partial charge in [-0.15, -0.1) is 0 Å². The summed E-state index contributed by atoms with van der Waals surface area (Å²) in [5.41, 5.74) is 3.38. The molecule has 0 aliphatic carbocycles. The quantitative estimate of drug-likeness (QED) is 0.238. The summed E-state index contributed by atoms with van der Waals surface area (Å²) in [5, 5.41) is 11.2. The van der Waals surface area contributed by atoms with E-state index in [1.165, 1.54) is 30.3 Å². The first kappa shape index (κ1) is 18.1. The lowest BCUT2D eigenvalue weighted by atomic mass is 10.1. The van der Waals surface area contributed by atoms with Crippen LogP contribution in [-0.4, -0.2) is 16.8 Å². The normalized spacial score (nSPS) is 10.6. The fourth-order valence-electron chi connectivity index (χ4n) is 2.27. The lowest BCUT2D eigenvalue weighted by Crippen LogP contribution is -2.20. The van der Waals surface area contributed by atoms with E-state index in [0.29, 0.717) is 5.39 Å². The summed E-state index contributed by atoms with van der Waals surface area (Å²) in [6.07, 6.45) is 0. The first-order chi connectivity index (χ1) is 12.8. The number of ether oxygens (including phenoxy) is 1. The molecule has 0 spiro atoms. The van der Waals surface area contributed by atoms with E-state index in [9.17, 15) is 24.5 Å². The minimum absolute atomic E-state index is 0.00467. The van der Waals surface area contributed by atoms with E-state index in [4.69, 9.17) is 26.5 Å². The average molecular weight is 389 g/mol. The van der Waals surface area contributed by atoms with E-state index in [1.807, 2.05) is 0 Å². The zero-order valence-corrected chi connectivity index (χ0v) is 14.1. The maximum atomic E-state index is 12.3. The van der Waals surface area contributed by atoms with Crippen LogP contribution in [0.2, 0.25) is 5.02 Å². The van der Waals surface area contributed by atoms with E-state index in [2.05, 4.69) is 0 Å². The number of hydrogen-bond acceptors (Lipinski definition) is 7. The summed E-state index contributed by atoms with van der Waals surface area (Å²) in [5.74, 6) is -1.86. The van der Waals surface area contributed by atoms with Gasteiger partial charge in [0, 0.05) is 23.6 Å². The first-order valence-electron chi connectivity index (χ1n) is 7.30. The summed E-state index contributed by atoms with van der Waals surface area (Å²) >= 11 is 5.90. The first-order valence-corrected chi connectivity index (χ1v) is 7.68. The number of non-ortho nitro benzene ring substituents is 1. The second-order valence-electron chi connectivity index (χ2n) is 5.32. The number of benzene rings is 2. The topological polar surface area (TPSA) is 143 Å². The van der Waals surface area contributed by atoms with Gasteiger partial charge in [0.15, 0.2) is 0 Å². The van der Waals surface area contributed by atoms with Crippen LogP contribution in [0.5, 0.6) is 5.75 Å². The molecule has 0 bridgehead atoms. The molecule has 0 radical (unpaired) electrons. The Bertz CT molecular complexity index is 1170. The summed E-state index contributed by atoms with van der Waals surface area (Å²) in [6.45, 7) is 0. The van der Waals surface area contributed by atoms with Crippen LogP contribution in [0.1, 0.15) is 20.7 Å². The van der Waals surface area contributed by atoms with Gasteiger partial charge >= 0.3 is 11.6 Å². The summed E-state index contributed by atoms with van der Waals surface area (Å²) in [6, 6.07) is 8.70. The van der Waals surface area contributed by atoms with Gasteiger partial charge in [0.05, 0.1) is 15.5 Å². The number of nitrogens with zero attached hydrogens (tertiary/aromatic N) is 1. The number of nitro benzene ring substituents is 1. The molecule has 1 aromatic heterocycles. The number of carbonyl (C=O) groups excluding carboxylic acids is 2. The van der Waals surface area contributed by atoms with E-state index in [0.717, 1.165) is 12.1 Å². The molecular formula is C17H9ClN2O7. The monoisotopic (exact) mass is 388 g/mol. The van der Waals surface area contributed by atoms with Crippen LogP contribution in [0.15, 0.2) is 51.7 Å². The fourth-order valence-corrected chi connectivity index (χ4v) is 2.47. The Morgan fingerprint density at radius 1 is 1.11 bits per heavy atom. The van der Waals surface area contributed by atoms with Crippen LogP contribution in [0.3, 0.4) is 0 Å². The van der Waals surface area contributed by atoms with Crippen molar-refractivity contribution in [1.82, 2.24) is 0 Å². The van der Waals surface area contributed by atoms with Crippen molar-refractivity contribution in [2.75, 3.05) is 0 Å². The van der Waals surface area contributed by atoms with Gasteiger partial charge in [-0.1, -0.05) is 11.6 Å². The van der Waals surface area contributed by atoms with Crippen LogP contribution in [0, 0.1) is 10.1 Å². The number of nitrogens with two attached hydrogens (primary N) is 1. The molecule has 0 aliphatic heterocycles. The standard InChI is InChI=1S/C17H9ClN2O7/c18-13-4-2-9(20(24)25)6-11(13)16(22)26-10-3-1-8-5-12(15(19)21)17(23)27-14(8)7-10/h1-7H,(H2,19,21). The second kappa shape index (κ2) is 6.89. The maximum Gasteiger partial charge on any atom is 0.349 e. The highest BCUT2D eigenvalue weighted by Crippen LogP contribution is 2.25. The number of fused-ring (bicyclic) bond motifs is 1. The molecule has 3 rings (SSSR count). The maximum absolute atomic E-state index is 12.3. The lowest BCUT2D eigenvalue weighted by Gasteiger charge is -2.07. The zero-order chi connectivity index (χ0) is 19.7.